The van der Waals surface area contributed by atoms with Gasteiger partial charge in [-0.25, -0.2) is 0 Å². The van der Waals surface area contributed by atoms with Crippen molar-refractivity contribution in [1.82, 2.24) is 4.90 Å². The van der Waals surface area contributed by atoms with Gasteiger partial charge in [-0.05, 0) is 49.8 Å². The number of nitrogens with one attached hydrogen (secondary N) is 2. The molecule has 1 heterocycles. The summed E-state index contributed by atoms with van der Waals surface area (Å²) in [4.78, 5) is 3.58. The lowest BCUT2D eigenvalue weighted by atomic mass is 10.2. The molecule has 0 saturated heterocycles. The lowest BCUT2D eigenvalue weighted by molar-refractivity contribution is -0.857. The molecule has 0 fully saturated rings. The predicted molar refractivity (Wildman–Crippen MR) is 98.9 cm³/mol. The van der Waals surface area contributed by atoms with Gasteiger partial charge in [0.15, 0.2) is 5.11 Å². The molecule has 2 rings (SSSR count). The van der Waals surface area contributed by atoms with Gasteiger partial charge in [0.05, 0.1) is 39.5 Å². The topological polar surface area (TPSA) is 32.9 Å². The van der Waals surface area contributed by atoms with E-state index in [9.17, 15) is 0 Å². The molecule has 23 heavy (non-hydrogen) atoms. The fourth-order valence-corrected chi connectivity index (χ4v) is 2.76. The second-order valence-corrected chi connectivity index (χ2v) is 6.47. The Labute approximate surface area is 144 Å². The van der Waals surface area contributed by atoms with Crippen molar-refractivity contribution in [2.75, 3.05) is 32.5 Å². The number of hydrogen-bond acceptors (Lipinski definition) is 2. The van der Waals surface area contributed by atoms with Crippen LogP contribution in [0.1, 0.15) is 24.3 Å². The van der Waals surface area contributed by atoms with Crippen LogP contribution in [0.5, 0.6) is 0 Å². The van der Waals surface area contributed by atoms with E-state index in [4.69, 9.17) is 16.6 Å². The van der Waals surface area contributed by atoms with E-state index in [0.717, 1.165) is 29.6 Å². The minimum Gasteiger partial charge on any atom is -0.467 e. The van der Waals surface area contributed by atoms with Gasteiger partial charge in [-0.3, -0.25) is 0 Å². The minimum atomic E-state index is 0.0911. The summed E-state index contributed by atoms with van der Waals surface area (Å²) in [5.74, 6) is 0.924. The summed E-state index contributed by atoms with van der Waals surface area (Å²) in [5, 5.41) is 4.11. The number of furan rings is 1. The van der Waals surface area contributed by atoms with E-state index in [0.29, 0.717) is 0 Å². The molecule has 1 aromatic heterocycles. The number of aryl methyl sites for hydroxylation is 1. The normalized spacial score (nSPS) is 12.2. The van der Waals surface area contributed by atoms with E-state index in [1.54, 1.807) is 6.26 Å². The first kappa shape index (κ1) is 17.5. The maximum absolute atomic E-state index is 5.68. The molecule has 0 aliphatic heterocycles. The zero-order valence-corrected chi connectivity index (χ0v) is 15.1. The molecule has 1 unspecified atom stereocenters. The second-order valence-electron chi connectivity index (χ2n) is 6.09. The molecule has 0 radical (unpaired) electrons. The van der Waals surface area contributed by atoms with Gasteiger partial charge in [0.1, 0.15) is 5.76 Å². The molecular weight excluding hydrogens is 306 g/mol. The Morgan fingerprint density at radius 2 is 2.00 bits per heavy atom. The highest BCUT2D eigenvalue weighted by atomic mass is 32.1. The van der Waals surface area contributed by atoms with Crippen molar-refractivity contribution in [3.8, 4) is 0 Å². The van der Waals surface area contributed by atoms with E-state index in [1.807, 2.05) is 24.3 Å². The van der Waals surface area contributed by atoms with Crippen molar-refractivity contribution in [2.24, 2.45) is 0 Å². The highest BCUT2D eigenvalue weighted by Crippen LogP contribution is 2.22. The lowest BCUT2D eigenvalue weighted by Gasteiger charge is -2.31. The maximum atomic E-state index is 5.68. The molecule has 1 aromatic carbocycles. The van der Waals surface area contributed by atoms with E-state index in [1.165, 1.54) is 10.5 Å². The molecule has 0 bridgehead atoms. The molecule has 0 aliphatic carbocycles. The Balaban J connectivity index is 2.15. The highest BCUT2D eigenvalue weighted by molar-refractivity contribution is 7.80. The molecule has 0 saturated carbocycles. The van der Waals surface area contributed by atoms with Gasteiger partial charge in [-0.15, -0.1) is 0 Å². The average molecular weight is 332 g/mol. The summed E-state index contributed by atoms with van der Waals surface area (Å²) in [6.07, 6.45) is 1.71. The summed E-state index contributed by atoms with van der Waals surface area (Å²) >= 11 is 5.68. The Kier molecular flexibility index (Phi) is 6.19. The Bertz CT molecular complexity index is 625. The quantitative estimate of drug-likeness (QED) is 0.796. The molecule has 124 valence electrons. The van der Waals surface area contributed by atoms with Crippen molar-refractivity contribution in [2.45, 2.75) is 19.9 Å². The van der Waals surface area contributed by atoms with Crippen molar-refractivity contribution >= 4 is 23.0 Å². The fraction of sp³-hybridized carbons (Fsp3) is 0.389. The monoisotopic (exact) mass is 332 g/mol. The van der Waals surface area contributed by atoms with Gasteiger partial charge in [-0.2, -0.15) is 0 Å². The SMILES string of the molecule is Cc1ccccc1NC(=S)N(CC[NH+](C)C)C(C)c1ccco1. The minimum absolute atomic E-state index is 0.0911. The van der Waals surface area contributed by atoms with Gasteiger partial charge in [0.2, 0.25) is 0 Å². The Morgan fingerprint density at radius 3 is 2.61 bits per heavy atom. The van der Waals surface area contributed by atoms with Crippen molar-refractivity contribution in [3.63, 3.8) is 0 Å². The summed E-state index contributed by atoms with van der Waals surface area (Å²) in [5.41, 5.74) is 2.23. The molecule has 2 aromatic rings. The molecule has 4 nitrogen and oxygen atoms in total. The van der Waals surface area contributed by atoms with Gasteiger partial charge in [0, 0.05) is 5.69 Å². The number of anilines is 1. The predicted octanol–water partition coefficient (Wildman–Crippen LogP) is 2.49. The zero-order chi connectivity index (χ0) is 16.8. The van der Waals surface area contributed by atoms with Crippen molar-refractivity contribution < 1.29 is 9.32 Å². The summed E-state index contributed by atoms with van der Waals surface area (Å²) < 4.78 is 5.57. The van der Waals surface area contributed by atoms with Crippen LogP contribution in [0, 0.1) is 6.92 Å². The molecular formula is C18H26N3OS+. The van der Waals surface area contributed by atoms with Crippen LogP contribution in [0.4, 0.5) is 5.69 Å². The first-order valence-electron chi connectivity index (χ1n) is 7.94. The summed E-state index contributed by atoms with van der Waals surface area (Å²) in [7, 11) is 4.29. The van der Waals surface area contributed by atoms with Crippen LogP contribution < -0.4 is 10.2 Å². The number of nitrogens with zero attached hydrogens (tertiary/aromatic N) is 1. The maximum Gasteiger partial charge on any atom is 0.174 e. The Hall–Kier alpha value is -1.85. The average Bonchev–Trinajstić information content (AvgIpc) is 3.03. The first-order valence-corrected chi connectivity index (χ1v) is 8.35. The van der Waals surface area contributed by atoms with Crippen LogP contribution in [-0.2, 0) is 0 Å². The molecule has 1 atom stereocenters. The van der Waals surface area contributed by atoms with Gasteiger partial charge in [0.25, 0.3) is 0 Å². The number of likely N-dealkylation sites (N-methyl/N-ethyl adjacent to an activating group) is 1. The third kappa shape index (κ3) is 4.81. The Morgan fingerprint density at radius 1 is 1.26 bits per heavy atom. The van der Waals surface area contributed by atoms with E-state index in [-0.39, 0.29) is 6.04 Å². The zero-order valence-electron chi connectivity index (χ0n) is 14.3. The van der Waals surface area contributed by atoms with Crippen LogP contribution in [0.3, 0.4) is 0 Å². The summed E-state index contributed by atoms with van der Waals surface area (Å²) in [6.45, 7) is 6.06. The third-order valence-electron chi connectivity index (χ3n) is 3.92. The number of benzene rings is 1. The fourth-order valence-electron chi connectivity index (χ4n) is 2.40. The van der Waals surface area contributed by atoms with Crippen LogP contribution in [0.2, 0.25) is 0 Å². The molecule has 5 heteroatoms. The van der Waals surface area contributed by atoms with E-state index >= 15 is 0 Å². The van der Waals surface area contributed by atoms with E-state index in [2.05, 4.69) is 50.3 Å². The highest BCUT2D eigenvalue weighted by Gasteiger charge is 2.22. The first-order chi connectivity index (χ1) is 11.0. The molecule has 0 aliphatic rings. The van der Waals surface area contributed by atoms with Crippen LogP contribution >= 0.6 is 12.2 Å². The number of para-hydroxylation sites is 1. The number of hydrogen-bond donors (Lipinski definition) is 2. The smallest absolute Gasteiger partial charge is 0.174 e. The molecule has 0 spiro atoms. The van der Waals surface area contributed by atoms with Gasteiger partial charge < -0.3 is 19.5 Å². The number of quaternary nitrogens is 1. The van der Waals surface area contributed by atoms with Crippen LogP contribution in [-0.4, -0.2) is 37.2 Å². The van der Waals surface area contributed by atoms with Crippen LogP contribution in [0.15, 0.2) is 47.1 Å². The van der Waals surface area contributed by atoms with Crippen molar-refractivity contribution in [1.29, 1.82) is 0 Å². The van der Waals surface area contributed by atoms with E-state index < -0.39 is 0 Å². The second kappa shape index (κ2) is 8.13. The summed E-state index contributed by atoms with van der Waals surface area (Å²) in [6, 6.07) is 12.2. The largest absolute Gasteiger partial charge is 0.467 e. The van der Waals surface area contributed by atoms with Crippen LogP contribution in [0.25, 0.3) is 0 Å². The molecule has 0 amide bonds. The lowest BCUT2D eigenvalue weighted by Crippen LogP contribution is -3.06. The van der Waals surface area contributed by atoms with Gasteiger partial charge in [-0.1, -0.05) is 18.2 Å². The number of rotatable bonds is 6. The third-order valence-corrected chi connectivity index (χ3v) is 4.26. The van der Waals surface area contributed by atoms with Gasteiger partial charge >= 0.3 is 0 Å². The number of thiocarbonyl (C=S) groups is 1. The standard InChI is InChI=1S/C18H25N3OS/c1-14-8-5-6-9-16(14)19-18(23)21(12-11-20(3)4)15(2)17-10-7-13-22-17/h5-10,13,15H,11-12H2,1-4H3,(H,19,23)/p+1. The molecule has 2 N–H and O–H groups in total. The van der Waals surface area contributed by atoms with Crippen molar-refractivity contribution in [3.05, 3.63) is 54.0 Å².